The van der Waals surface area contributed by atoms with Crippen LogP contribution in [0.15, 0.2) is 22.7 Å². The molecule has 70 valence electrons. The second-order valence-corrected chi connectivity index (χ2v) is 3.56. The first-order chi connectivity index (χ1) is 6.02. The number of nitrogen functional groups attached to an aromatic ring is 1. The van der Waals surface area contributed by atoms with E-state index in [2.05, 4.69) is 15.9 Å². The molecule has 0 aliphatic heterocycles. The first-order valence-electron chi connectivity index (χ1n) is 3.60. The molecule has 1 aromatic rings. The minimum atomic E-state index is -0.307. The topological polar surface area (TPSA) is 72.3 Å². The van der Waals surface area contributed by atoms with E-state index in [9.17, 15) is 4.79 Å². The van der Waals surface area contributed by atoms with Gasteiger partial charge in [-0.3, -0.25) is 9.80 Å². The molecule has 0 spiro atoms. The Labute approximate surface area is 84.6 Å². The van der Waals surface area contributed by atoms with Crippen molar-refractivity contribution in [2.45, 2.75) is 0 Å². The van der Waals surface area contributed by atoms with E-state index in [1.807, 2.05) is 0 Å². The summed E-state index contributed by atoms with van der Waals surface area (Å²) in [5, 5.41) is 0.998. The van der Waals surface area contributed by atoms with Gasteiger partial charge in [0, 0.05) is 17.2 Å². The quantitative estimate of drug-likeness (QED) is 0.334. The lowest BCUT2D eigenvalue weighted by atomic mass is 10.1. The maximum Gasteiger partial charge on any atom is 0.269 e. The summed E-state index contributed by atoms with van der Waals surface area (Å²) in [5.74, 6) is 4.99. The molecule has 5 heteroatoms. The molecule has 1 aromatic carbocycles. The number of nitrogens with zero attached hydrogens (tertiary/aromatic N) is 1. The maximum atomic E-state index is 11.4. The first kappa shape index (κ1) is 10.0. The van der Waals surface area contributed by atoms with Crippen molar-refractivity contribution >= 4 is 27.5 Å². The molecule has 1 rings (SSSR count). The number of halogens is 1. The van der Waals surface area contributed by atoms with Gasteiger partial charge in [0.05, 0.1) is 5.56 Å². The Balaban J connectivity index is 3.13. The number of hydrogen-bond acceptors (Lipinski definition) is 3. The molecule has 4 nitrogen and oxygen atoms in total. The van der Waals surface area contributed by atoms with Gasteiger partial charge in [-0.2, -0.15) is 0 Å². The number of rotatable bonds is 1. The monoisotopic (exact) mass is 243 g/mol. The van der Waals surface area contributed by atoms with Crippen molar-refractivity contribution in [3.63, 3.8) is 0 Å². The Morgan fingerprint density at radius 3 is 2.69 bits per heavy atom. The van der Waals surface area contributed by atoms with Crippen molar-refractivity contribution in [3.8, 4) is 0 Å². The maximum absolute atomic E-state index is 11.4. The Morgan fingerprint density at radius 1 is 1.54 bits per heavy atom. The third-order valence-electron chi connectivity index (χ3n) is 1.57. The van der Waals surface area contributed by atoms with Crippen LogP contribution in [0.4, 0.5) is 5.69 Å². The fourth-order valence-corrected chi connectivity index (χ4v) is 1.26. The number of hydrazine groups is 1. The van der Waals surface area contributed by atoms with Gasteiger partial charge in [0.1, 0.15) is 0 Å². The molecule has 0 heterocycles. The summed E-state index contributed by atoms with van der Waals surface area (Å²) in [5.41, 5.74) is 6.43. The van der Waals surface area contributed by atoms with E-state index in [1.54, 1.807) is 18.2 Å². The number of hydrogen-bond donors (Lipinski definition) is 2. The zero-order chi connectivity index (χ0) is 10.0. The van der Waals surface area contributed by atoms with Gasteiger partial charge in [-0.15, -0.1) is 0 Å². The molecular weight excluding hydrogens is 234 g/mol. The molecule has 0 bridgehead atoms. The Bertz CT molecular complexity index is 338. The van der Waals surface area contributed by atoms with Crippen LogP contribution < -0.4 is 11.6 Å². The van der Waals surface area contributed by atoms with Crippen molar-refractivity contribution in [1.82, 2.24) is 5.01 Å². The highest BCUT2D eigenvalue weighted by Gasteiger charge is 2.11. The van der Waals surface area contributed by atoms with Crippen LogP contribution in [0.2, 0.25) is 0 Å². The fourth-order valence-electron chi connectivity index (χ4n) is 0.904. The van der Waals surface area contributed by atoms with Gasteiger partial charge >= 0.3 is 0 Å². The standard InChI is InChI=1S/C8H10BrN3O/c1-12(11)8(13)6-4-5(9)2-3-7(6)10/h2-4H,10-11H2,1H3. The SMILES string of the molecule is CN(N)C(=O)c1cc(Br)ccc1N. The van der Waals surface area contributed by atoms with E-state index in [1.165, 1.54) is 7.05 Å². The lowest BCUT2D eigenvalue weighted by molar-refractivity contribution is 0.0796. The zero-order valence-corrected chi connectivity index (χ0v) is 8.71. The van der Waals surface area contributed by atoms with Gasteiger partial charge < -0.3 is 5.73 Å². The second kappa shape index (κ2) is 3.76. The normalized spacial score (nSPS) is 9.77. The van der Waals surface area contributed by atoms with Gasteiger partial charge in [0.25, 0.3) is 5.91 Å². The van der Waals surface area contributed by atoms with E-state index in [0.717, 1.165) is 9.48 Å². The average Bonchev–Trinajstić information content (AvgIpc) is 2.08. The van der Waals surface area contributed by atoms with Gasteiger partial charge in [-0.1, -0.05) is 15.9 Å². The van der Waals surface area contributed by atoms with E-state index in [4.69, 9.17) is 11.6 Å². The van der Waals surface area contributed by atoms with Crippen molar-refractivity contribution in [2.75, 3.05) is 12.8 Å². The fraction of sp³-hybridized carbons (Fsp3) is 0.125. The third kappa shape index (κ3) is 2.19. The molecule has 4 N–H and O–H groups in total. The summed E-state index contributed by atoms with van der Waals surface area (Å²) in [7, 11) is 1.47. The number of benzene rings is 1. The summed E-state index contributed by atoms with van der Waals surface area (Å²) in [6.07, 6.45) is 0. The highest BCUT2D eigenvalue weighted by molar-refractivity contribution is 9.10. The minimum Gasteiger partial charge on any atom is -0.398 e. The van der Waals surface area contributed by atoms with Crippen LogP contribution in [0.25, 0.3) is 0 Å². The highest BCUT2D eigenvalue weighted by Crippen LogP contribution is 2.18. The summed E-state index contributed by atoms with van der Waals surface area (Å²) in [6.45, 7) is 0. The van der Waals surface area contributed by atoms with Crippen molar-refractivity contribution in [2.24, 2.45) is 5.84 Å². The molecule has 1 amide bonds. The number of carbonyl (C=O) groups is 1. The van der Waals surface area contributed by atoms with Gasteiger partial charge in [0.2, 0.25) is 0 Å². The first-order valence-corrected chi connectivity index (χ1v) is 4.39. The lowest BCUT2D eigenvalue weighted by Crippen LogP contribution is -2.33. The van der Waals surface area contributed by atoms with Crippen molar-refractivity contribution < 1.29 is 4.79 Å². The van der Waals surface area contributed by atoms with Gasteiger partial charge in [0.15, 0.2) is 0 Å². The van der Waals surface area contributed by atoms with Crippen LogP contribution in [0.3, 0.4) is 0 Å². The number of anilines is 1. The number of nitrogens with two attached hydrogens (primary N) is 2. The Kier molecular flexibility index (Phi) is 2.90. The average molecular weight is 244 g/mol. The van der Waals surface area contributed by atoms with Crippen LogP contribution in [0.5, 0.6) is 0 Å². The summed E-state index contributed by atoms with van der Waals surface area (Å²) in [4.78, 5) is 11.4. The highest BCUT2D eigenvalue weighted by atomic mass is 79.9. The lowest BCUT2D eigenvalue weighted by Gasteiger charge is -2.11. The number of carbonyl (C=O) groups excluding carboxylic acids is 1. The molecule has 0 saturated carbocycles. The van der Waals surface area contributed by atoms with Crippen LogP contribution in [0.1, 0.15) is 10.4 Å². The predicted octanol–water partition coefficient (Wildman–Crippen LogP) is 0.977. The summed E-state index contributed by atoms with van der Waals surface area (Å²) >= 11 is 3.25. The molecule has 0 saturated heterocycles. The molecule has 13 heavy (non-hydrogen) atoms. The molecule has 0 fully saturated rings. The molecule has 0 aromatic heterocycles. The van der Waals surface area contributed by atoms with Crippen LogP contribution in [-0.4, -0.2) is 18.0 Å². The van der Waals surface area contributed by atoms with E-state index < -0.39 is 0 Å². The summed E-state index contributed by atoms with van der Waals surface area (Å²) in [6, 6.07) is 5.06. The zero-order valence-electron chi connectivity index (χ0n) is 7.12. The molecule has 0 aliphatic carbocycles. The Hall–Kier alpha value is -1.07. The number of amides is 1. The van der Waals surface area contributed by atoms with Crippen LogP contribution >= 0.6 is 15.9 Å². The Morgan fingerprint density at radius 2 is 2.15 bits per heavy atom. The molecule has 0 unspecified atom stereocenters. The van der Waals surface area contributed by atoms with Crippen LogP contribution in [-0.2, 0) is 0 Å². The summed E-state index contributed by atoms with van der Waals surface area (Å²) < 4.78 is 0.798. The predicted molar refractivity (Wildman–Crippen MR) is 54.8 cm³/mol. The molecule has 0 atom stereocenters. The third-order valence-corrected chi connectivity index (χ3v) is 2.06. The van der Waals surface area contributed by atoms with Gasteiger partial charge in [-0.25, -0.2) is 5.84 Å². The van der Waals surface area contributed by atoms with Crippen LogP contribution in [0, 0.1) is 0 Å². The van der Waals surface area contributed by atoms with E-state index in [-0.39, 0.29) is 5.91 Å². The van der Waals surface area contributed by atoms with Crippen molar-refractivity contribution in [3.05, 3.63) is 28.2 Å². The van der Waals surface area contributed by atoms with Gasteiger partial charge in [-0.05, 0) is 18.2 Å². The van der Waals surface area contributed by atoms with E-state index >= 15 is 0 Å². The minimum absolute atomic E-state index is 0.307. The second-order valence-electron chi connectivity index (χ2n) is 2.65. The smallest absolute Gasteiger partial charge is 0.269 e. The molecular formula is C8H10BrN3O. The van der Waals surface area contributed by atoms with E-state index in [0.29, 0.717) is 11.3 Å². The molecule has 0 radical (unpaired) electrons. The largest absolute Gasteiger partial charge is 0.398 e. The van der Waals surface area contributed by atoms with Crippen molar-refractivity contribution in [1.29, 1.82) is 0 Å². The molecule has 0 aliphatic rings.